The minimum atomic E-state index is -0.701. The summed E-state index contributed by atoms with van der Waals surface area (Å²) < 4.78 is 19.3. The molecular formula is C24H24BrN3O5S. The lowest BCUT2D eigenvalue weighted by Crippen LogP contribution is -2.39. The molecule has 0 bridgehead atoms. The number of benzene rings is 1. The van der Waals surface area contributed by atoms with E-state index >= 15 is 0 Å². The maximum atomic E-state index is 13.6. The number of furan rings is 1. The number of halogens is 1. The number of thiazole rings is 1. The van der Waals surface area contributed by atoms with Crippen molar-refractivity contribution in [3.8, 4) is 5.75 Å². The molecule has 0 fully saturated rings. The van der Waals surface area contributed by atoms with Gasteiger partial charge in [-0.3, -0.25) is 9.36 Å². The van der Waals surface area contributed by atoms with E-state index in [9.17, 15) is 9.59 Å². The summed E-state index contributed by atoms with van der Waals surface area (Å²) in [6.07, 6.45) is 1.69. The van der Waals surface area contributed by atoms with Gasteiger partial charge in [-0.25, -0.2) is 9.79 Å². The molecule has 1 aliphatic heterocycles. The third-order valence-corrected chi connectivity index (χ3v) is 6.84. The molecule has 8 nitrogen and oxygen atoms in total. The van der Waals surface area contributed by atoms with Crippen molar-refractivity contribution in [1.29, 1.82) is 0 Å². The third kappa shape index (κ3) is 4.35. The topological polar surface area (TPSA) is 86.3 Å². The van der Waals surface area contributed by atoms with Crippen molar-refractivity contribution in [2.45, 2.75) is 19.9 Å². The van der Waals surface area contributed by atoms with Crippen molar-refractivity contribution in [1.82, 2.24) is 4.57 Å². The summed E-state index contributed by atoms with van der Waals surface area (Å²) in [5.74, 6) is 1.29. The minimum absolute atomic E-state index is 0.215. The highest BCUT2D eigenvalue weighted by Gasteiger charge is 2.33. The van der Waals surface area contributed by atoms with Crippen LogP contribution in [0.4, 0.5) is 5.88 Å². The first kappa shape index (κ1) is 24.0. The Morgan fingerprint density at radius 2 is 2.12 bits per heavy atom. The van der Waals surface area contributed by atoms with Crippen LogP contribution in [-0.2, 0) is 9.53 Å². The smallest absolute Gasteiger partial charge is 0.338 e. The average molecular weight is 546 g/mol. The molecule has 0 saturated carbocycles. The lowest BCUT2D eigenvalue weighted by molar-refractivity contribution is -0.139. The van der Waals surface area contributed by atoms with Gasteiger partial charge in [-0.1, -0.05) is 23.5 Å². The molecule has 0 spiro atoms. The number of ether oxygens (including phenoxy) is 2. The first-order valence-electron chi connectivity index (χ1n) is 10.6. The van der Waals surface area contributed by atoms with E-state index < -0.39 is 12.0 Å². The number of carbonyl (C=O) groups is 1. The average Bonchev–Trinajstić information content (AvgIpc) is 3.32. The summed E-state index contributed by atoms with van der Waals surface area (Å²) in [7, 11) is 5.31. The molecule has 1 aromatic carbocycles. The number of anilines is 1. The number of nitrogens with zero attached hydrogens (tertiary/aromatic N) is 3. The third-order valence-electron chi connectivity index (χ3n) is 5.29. The Morgan fingerprint density at radius 1 is 1.35 bits per heavy atom. The lowest BCUT2D eigenvalue weighted by Gasteiger charge is -2.24. The van der Waals surface area contributed by atoms with Gasteiger partial charge in [0.25, 0.3) is 5.56 Å². The van der Waals surface area contributed by atoms with Crippen LogP contribution in [0.3, 0.4) is 0 Å². The Bertz CT molecular complexity index is 1460. The Hall–Kier alpha value is -3.11. The van der Waals surface area contributed by atoms with E-state index in [0.29, 0.717) is 38.0 Å². The van der Waals surface area contributed by atoms with Crippen molar-refractivity contribution in [2.24, 2.45) is 4.99 Å². The zero-order valence-corrected chi connectivity index (χ0v) is 21.8. The number of aromatic nitrogens is 1. The van der Waals surface area contributed by atoms with Crippen molar-refractivity contribution < 1.29 is 18.7 Å². The van der Waals surface area contributed by atoms with Crippen LogP contribution in [0.1, 0.15) is 31.2 Å². The molecule has 10 heteroatoms. The molecule has 34 heavy (non-hydrogen) atoms. The molecule has 0 aliphatic carbocycles. The predicted molar refractivity (Wildman–Crippen MR) is 134 cm³/mol. The molecule has 2 aromatic heterocycles. The van der Waals surface area contributed by atoms with Crippen LogP contribution in [0.25, 0.3) is 6.08 Å². The van der Waals surface area contributed by atoms with Crippen molar-refractivity contribution in [2.75, 3.05) is 32.7 Å². The Morgan fingerprint density at radius 3 is 2.76 bits per heavy atom. The number of hydrogen-bond donors (Lipinski definition) is 0. The summed E-state index contributed by atoms with van der Waals surface area (Å²) >= 11 is 4.72. The van der Waals surface area contributed by atoms with Gasteiger partial charge in [-0.05, 0) is 47.5 Å². The van der Waals surface area contributed by atoms with Crippen LogP contribution < -0.4 is 24.5 Å². The van der Waals surface area contributed by atoms with Crippen LogP contribution in [-0.4, -0.2) is 38.3 Å². The molecule has 1 aliphatic rings. The summed E-state index contributed by atoms with van der Waals surface area (Å²) in [6.45, 7) is 3.71. The zero-order chi connectivity index (χ0) is 24.6. The van der Waals surface area contributed by atoms with E-state index in [2.05, 4.69) is 20.9 Å². The maximum absolute atomic E-state index is 13.6. The number of methoxy groups -OCH3 is 1. The van der Waals surface area contributed by atoms with Crippen LogP contribution in [0.2, 0.25) is 0 Å². The molecule has 1 atom stereocenters. The van der Waals surface area contributed by atoms with Crippen molar-refractivity contribution in [3.05, 3.63) is 77.1 Å². The molecule has 178 valence electrons. The highest BCUT2D eigenvalue weighted by molar-refractivity contribution is 9.10. The van der Waals surface area contributed by atoms with Crippen molar-refractivity contribution >= 4 is 45.2 Å². The largest absolute Gasteiger partial charge is 0.497 e. The molecule has 0 N–H and O–H groups in total. The normalized spacial score (nSPS) is 15.7. The summed E-state index contributed by atoms with van der Waals surface area (Å²) in [4.78, 5) is 33.5. The quantitative estimate of drug-likeness (QED) is 0.442. The highest BCUT2D eigenvalue weighted by atomic mass is 79.9. The fourth-order valence-electron chi connectivity index (χ4n) is 3.80. The summed E-state index contributed by atoms with van der Waals surface area (Å²) in [5, 5.41) is 0. The number of esters is 1. The van der Waals surface area contributed by atoms with Gasteiger partial charge in [0.15, 0.2) is 4.80 Å². The SMILES string of the molecule is CCOC(=O)C1=C(C)N=c2s/c(=C/c3cc(Br)c(N(C)C)o3)c(=O)n2[C@H]1c1cccc(OC)c1. The van der Waals surface area contributed by atoms with Crippen LogP contribution in [0.5, 0.6) is 5.75 Å². The van der Waals surface area contributed by atoms with E-state index in [0.717, 1.165) is 10.0 Å². The first-order chi connectivity index (χ1) is 16.2. The number of allylic oxidation sites excluding steroid dienone is 1. The Kier molecular flexibility index (Phi) is 6.81. The van der Waals surface area contributed by atoms with E-state index in [1.165, 1.54) is 15.9 Å². The molecule has 4 rings (SSSR count). The molecule has 3 heterocycles. The first-order valence-corrected chi connectivity index (χ1v) is 12.2. The second kappa shape index (κ2) is 9.63. The monoisotopic (exact) mass is 545 g/mol. The molecule has 0 amide bonds. The number of carbonyl (C=O) groups excluding carboxylic acids is 1. The Labute approximate surface area is 208 Å². The fraction of sp³-hybridized carbons (Fsp3) is 0.292. The van der Waals surface area contributed by atoms with Gasteiger partial charge >= 0.3 is 5.97 Å². The maximum Gasteiger partial charge on any atom is 0.338 e. The highest BCUT2D eigenvalue weighted by Crippen LogP contribution is 2.32. The molecule has 3 aromatic rings. The van der Waals surface area contributed by atoms with Crippen LogP contribution >= 0.6 is 27.3 Å². The van der Waals surface area contributed by atoms with E-state index in [1.807, 2.05) is 49.3 Å². The molecule has 0 unspecified atom stereocenters. The van der Waals surface area contributed by atoms with Crippen molar-refractivity contribution in [3.63, 3.8) is 0 Å². The van der Waals surface area contributed by atoms with E-state index in [-0.39, 0.29) is 12.2 Å². The summed E-state index contributed by atoms with van der Waals surface area (Å²) in [5.41, 5.74) is 1.28. The van der Waals surface area contributed by atoms with Gasteiger partial charge in [-0.15, -0.1) is 0 Å². The zero-order valence-electron chi connectivity index (χ0n) is 19.4. The van der Waals surface area contributed by atoms with Gasteiger partial charge in [0.1, 0.15) is 11.5 Å². The molecule has 0 radical (unpaired) electrons. The Balaban J connectivity index is 1.94. The van der Waals surface area contributed by atoms with Crippen LogP contribution in [0, 0.1) is 0 Å². The second-order valence-electron chi connectivity index (χ2n) is 7.78. The predicted octanol–water partition coefficient (Wildman–Crippen LogP) is 3.23. The van der Waals surface area contributed by atoms with Gasteiger partial charge < -0.3 is 18.8 Å². The standard InChI is InChI=1S/C24H24BrN3O5S/c1-6-32-23(30)19-13(2)26-24-28(20(19)14-8-7-9-15(10-14)31-5)21(29)18(34-24)12-16-11-17(25)22(33-16)27(3)4/h7-12,20H,6H2,1-5H3/b18-12+/t20-/m0/s1. The lowest BCUT2D eigenvalue weighted by atomic mass is 9.95. The molecular weight excluding hydrogens is 522 g/mol. The fourth-order valence-corrected chi connectivity index (χ4v) is 5.49. The molecule has 0 saturated heterocycles. The van der Waals surface area contributed by atoms with E-state index in [1.54, 1.807) is 27.0 Å². The van der Waals surface area contributed by atoms with Gasteiger partial charge in [0, 0.05) is 26.2 Å². The second-order valence-corrected chi connectivity index (χ2v) is 9.64. The van der Waals surface area contributed by atoms with Gasteiger partial charge in [-0.2, -0.15) is 0 Å². The number of fused-ring (bicyclic) bond motifs is 1. The number of hydrogen-bond acceptors (Lipinski definition) is 8. The van der Waals surface area contributed by atoms with Gasteiger partial charge in [0.05, 0.1) is 40.0 Å². The van der Waals surface area contributed by atoms with Gasteiger partial charge in [0.2, 0.25) is 5.88 Å². The van der Waals surface area contributed by atoms with Crippen LogP contribution in [0.15, 0.2) is 60.3 Å². The van der Waals surface area contributed by atoms with E-state index in [4.69, 9.17) is 13.9 Å². The number of rotatable bonds is 6. The summed E-state index contributed by atoms with van der Waals surface area (Å²) in [6, 6.07) is 8.41. The minimum Gasteiger partial charge on any atom is -0.497 e.